The normalized spacial score (nSPS) is 4.50. The fourth-order valence-corrected chi connectivity index (χ4v) is 0. The summed E-state index contributed by atoms with van der Waals surface area (Å²) in [6.45, 7) is 0. The highest BCUT2D eigenvalue weighted by molar-refractivity contribution is 2.38. The maximum Gasteiger partial charge on any atom is -0.0737 e. The van der Waals surface area contributed by atoms with Crippen LogP contribution in [-0.2, 0) is 5.04 Å². The van der Waals surface area contributed by atoms with Crippen LogP contribution in [0.15, 0.2) is 0 Å². The maximum atomic E-state index is 6.62. The fourth-order valence-electron chi connectivity index (χ4n) is 0. The van der Waals surface area contributed by atoms with Crippen LogP contribution in [0, 0.1) is 0 Å². The van der Waals surface area contributed by atoms with E-state index in [4.69, 9.17) is 10.5 Å². The van der Waals surface area contributed by atoms with E-state index in [1.165, 1.54) is 0 Å². The van der Waals surface area contributed by atoms with Crippen molar-refractivity contribution in [1.29, 1.82) is 0 Å². The van der Waals surface area contributed by atoms with Crippen LogP contribution in [0.3, 0.4) is 0 Å². The molecule has 4 heteroatoms. The van der Waals surface area contributed by atoms with Gasteiger partial charge in [0, 0.05) is 0 Å². The van der Waals surface area contributed by atoms with E-state index in [-0.39, 0.29) is 6.15 Å². The first-order chi connectivity index (χ1) is 1.41. The second-order valence-corrected chi connectivity index (χ2v) is 0.0816. The minimum Gasteiger partial charge on any atom is -0.344 e. The quantitative estimate of drug-likeness (QED) is 0.277. The Morgan fingerprint density at radius 3 is 1.25 bits per heavy atom. The summed E-state index contributed by atoms with van der Waals surface area (Å²) in [6.07, 6.45) is 0. The zero-order chi connectivity index (χ0) is 2.71. The van der Waals surface area contributed by atoms with E-state index < -0.39 is 0 Å². The van der Waals surface area contributed by atoms with E-state index in [0.717, 1.165) is 0 Å². The van der Waals surface area contributed by atoms with E-state index in [1.54, 1.807) is 0 Å². The lowest BCUT2D eigenvalue weighted by atomic mass is 14.0. The summed E-state index contributed by atoms with van der Waals surface area (Å²) in [7, 11) is 0. The summed E-state index contributed by atoms with van der Waals surface area (Å²) in [5, 5.41) is 15.5. The average molecular weight is 67.0 g/mol. The predicted octanol–water partition coefficient (Wildman–Crippen LogP) is 0.111. The molecule has 0 rings (SSSR count). The molecule has 28 valence electrons. The molecule has 0 heterocycles. The lowest BCUT2D eigenvalue weighted by Gasteiger charge is -1.56. The summed E-state index contributed by atoms with van der Waals surface area (Å²) < 4.78 is 0. The van der Waals surface area contributed by atoms with Crippen LogP contribution in [0.4, 0.5) is 0 Å². The zero-order valence-corrected chi connectivity index (χ0v) is 2.01. The highest BCUT2D eigenvalue weighted by Crippen LogP contribution is 1.24. The summed E-state index contributed by atoms with van der Waals surface area (Å²) in [4.78, 5) is 0. The van der Waals surface area contributed by atoms with Gasteiger partial charge in [-0.05, 0) is 0 Å². The summed E-state index contributed by atoms with van der Waals surface area (Å²) in [5.74, 6) is 0. The van der Waals surface area contributed by atoms with E-state index >= 15 is 0 Å². The predicted molar refractivity (Wildman–Crippen MR) is 11.4 cm³/mol. The molecule has 0 spiro atoms. The minimum absolute atomic E-state index is 0. The molecule has 0 aliphatic heterocycles. The molecule has 0 aliphatic rings. The molecule has 0 saturated carbocycles. The third-order valence-electron chi connectivity index (χ3n) is 0. The SMILES string of the molecule is N.OOO. The zero-order valence-electron chi connectivity index (χ0n) is 2.01. The molecule has 0 radical (unpaired) electrons. The van der Waals surface area contributed by atoms with Gasteiger partial charge in [-0.15, -0.1) is 0 Å². The van der Waals surface area contributed by atoms with Crippen LogP contribution in [0.5, 0.6) is 0 Å². The number of hydrogen-bond donors (Lipinski definition) is 3. The summed E-state index contributed by atoms with van der Waals surface area (Å²) in [5.41, 5.74) is 0. The lowest BCUT2D eigenvalue weighted by molar-refractivity contribution is -0.465. The third-order valence-corrected chi connectivity index (χ3v) is 0. The Labute approximate surface area is 23.1 Å². The van der Waals surface area contributed by atoms with Crippen LogP contribution < -0.4 is 6.15 Å². The topological polar surface area (TPSA) is 84.7 Å². The Kier molecular flexibility index (Phi) is 31.2. The summed E-state index contributed by atoms with van der Waals surface area (Å²) in [6, 6.07) is 0. The van der Waals surface area contributed by atoms with Gasteiger partial charge in [-0.3, -0.25) is 0 Å². The molecule has 0 atom stereocenters. The largest absolute Gasteiger partial charge is 0.344 e. The van der Waals surface area contributed by atoms with E-state index in [0.29, 0.717) is 0 Å². The van der Waals surface area contributed by atoms with Gasteiger partial charge in [0.05, 0.1) is 0 Å². The molecular weight excluding hydrogens is 62.0 g/mol. The molecule has 0 amide bonds. The van der Waals surface area contributed by atoms with E-state index in [9.17, 15) is 0 Å². The molecule has 0 fully saturated rings. The van der Waals surface area contributed by atoms with Crippen LogP contribution in [0.1, 0.15) is 0 Å². The average Bonchev–Trinajstić information content (AvgIpc) is 0.918. The van der Waals surface area contributed by atoms with Crippen molar-refractivity contribution in [1.82, 2.24) is 6.15 Å². The molecule has 0 aliphatic carbocycles. The van der Waals surface area contributed by atoms with Gasteiger partial charge in [0.15, 0.2) is 0 Å². The fraction of sp³-hybridized carbons (Fsp3) is 0. The van der Waals surface area contributed by atoms with Crippen molar-refractivity contribution in [2.75, 3.05) is 0 Å². The second kappa shape index (κ2) is 13.6. The van der Waals surface area contributed by atoms with Crippen LogP contribution in [-0.4, -0.2) is 10.5 Å². The van der Waals surface area contributed by atoms with Gasteiger partial charge < -0.3 is 6.15 Å². The molecule has 0 aromatic rings. The molecule has 4 heavy (non-hydrogen) atoms. The van der Waals surface area contributed by atoms with Gasteiger partial charge in [-0.1, -0.05) is 5.04 Å². The van der Waals surface area contributed by atoms with Crippen molar-refractivity contribution in [3.05, 3.63) is 0 Å². The van der Waals surface area contributed by atoms with Gasteiger partial charge in [0.1, 0.15) is 0 Å². The highest BCUT2D eigenvalue weighted by atomic mass is 17.4. The first-order valence-electron chi connectivity index (χ1n) is 0.365. The molecular formula is H5NO3. The van der Waals surface area contributed by atoms with Crippen molar-refractivity contribution in [3.63, 3.8) is 0 Å². The van der Waals surface area contributed by atoms with E-state index in [1.807, 2.05) is 0 Å². The Morgan fingerprint density at radius 2 is 1.25 bits per heavy atom. The van der Waals surface area contributed by atoms with Gasteiger partial charge >= 0.3 is 0 Å². The lowest BCUT2D eigenvalue weighted by Crippen LogP contribution is -1.60. The van der Waals surface area contributed by atoms with Crippen LogP contribution >= 0.6 is 0 Å². The smallest absolute Gasteiger partial charge is 0.0737 e. The minimum atomic E-state index is 0. The molecule has 4 nitrogen and oxygen atoms in total. The Hall–Kier alpha value is -0.160. The first kappa shape index (κ1) is 9.15. The maximum absolute atomic E-state index is 6.62. The highest BCUT2D eigenvalue weighted by Gasteiger charge is 1.27. The van der Waals surface area contributed by atoms with Crippen LogP contribution in [0.25, 0.3) is 0 Å². The van der Waals surface area contributed by atoms with E-state index in [2.05, 4.69) is 5.04 Å². The Bertz CT molecular complexity index is 3.25. The van der Waals surface area contributed by atoms with Gasteiger partial charge in [-0.25, -0.2) is 10.5 Å². The molecule has 5 N–H and O–H groups in total. The summed E-state index contributed by atoms with van der Waals surface area (Å²) >= 11 is 0. The monoisotopic (exact) mass is 67.0 g/mol. The van der Waals surface area contributed by atoms with Crippen molar-refractivity contribution in [2.24, 2.45) is 0 Å². The van der Waals surface area contributed by atoms with Gasteiger partial charge in [-0.2, -0.15) is 0 Å². The Morgan fingerprint density at radius 1 is 1.25 bits per heavy atom. The molecule has 0 aromatic carbocycles. The second-order valence-electron chi connectivity index (χ2n) is 0.0816. The third kappa shape index (κ3) is 50.7. The van der Waals surface area contributed by atoms with Gasteiger partial charge in [0.25, 0.3) is 0 Å². The van der Waals surface area contributed by atoms with Crippen molar-refractivity contribution in [2.45, 2.75) is 0 Å². The van der Waals surface area contributed by atoms with Crippen molar-refractivity contribution >= 4 is 0 Å². The van der Waals surface area contributed by atoms with Gasteiger partial charge in [0.2, 0.25) is 0 Å². The Balaban J connectivity index is 0. The van der Waals surface area contributed by atoms with Crippen LogP contribution in [0.2, 0.25) is 0 Å². The van der Waals surface area contributed by atoms with Crippen molar-refractivity contribution in [3.8, 4) is 0 Å². The first-order valence-corrected chi connectivity index (χ1v) is 0.365. The molecule has 0 saturated heterocycles. The standard InChI is InChI=1S/H3N.H2O3/c;1-3-2/h1H3;1-2H. The number of rotatable bonds is 0. The van der Waals surface area contributed by atoms with Crippen molar-refractivity contribution < 1.29 is 15.6 Å². The number of hydrogen-bond acceptors (Lipinski definition) is 4. The molecule has 0 bridgehead atoms. The molecule has 0 unspecified atom stereocenters. The molecule has 0 aromatic heterocycles.